The van der Waals surface area contributed by atoms with Gasteiger partial charge < -0.3 is 0 Å². The van der Waals surface area contributed by atoms with Crippen molar-refractivity contribution in [3.8, 4) is 0 Å². The van der Waals surface area contributed by atoms with E-state index < -0.39 is 45.7 Å². The van der Waals surface area contributed by atoms with Crippen LogP contribution in [0, 0.1) is 0 Å². The van der Waals surface area contributed by atoms with Crippen LogP contribution in [0.3, 0.4) is 0 Å². The second-order valence-electron chi connectivity index (χ2n) is 1.59. The van der Waals surface area contributed by atoms with E-state index in [1.54, 1.807) is 0 Å². The van der Waals surface area contributed by atoms with E-state index in [4.69, 9.17) is 0 Å². The van der Waals surface area contributed by atoms with Gasteiger partial charge in [-0.05, 0) is 0 Å². The predicted molar refractivity (Wildman–Crippen MR) is 36.3 cm³/mol. The molecule has 2 radical (unpaired) electrons. The van der Waals surface area contributed by atoms with E-state index in [1.807, 2.05) is 0 Å². The first kappa shape index (κ1) is 11.7. The Hall–Kier alpha value is -1.32. The van der Waals surface area contributed by atoms with Gasteiger partial charge in [0.1, 0.15) is 0 Å². The van der Waals surface area contributed by atoms with Crippen molar-refractivity contribution in [2.45, 2.75) is 0 Å². The topological polar surface area (TPSA) is 139 Å². The Labute approximate surface area is 82.8 Å². The molecule has 0 aromatic heterocycles. The molecule has 0 spiro atoms. The van der Waals surface area contributed by atoms with Crippen molar-refractivity contribution in [2.75, 3.05) is 0 Å². The molecule has 0 saturated carbocycles. The minimum atomic E-state index is -2.34. The normalized spacial score (nSPS) is 8.62. The SMILES string of the molecule is NC(=O)C(=O)[O][Sn][O]C(=O)C(N)=O. The fourth-order valence-electron chi connectivity index (χ4n) is 0.197. The number of hydrogen-bond acceptors (Lipinski definition) is 6. The Balaban J connectivity index is 3.69. The molecule has 0 atom stereocenters. The summed E-state index contributed by atoms with van der Waals surface area (Å²) in [7, 11) is 0. The fourth-order valence-corrected chi connectivity index (χ4v) is 1.32. The maximum absolute atomic E-state index is 10.3. The fraction of sp³-hybridized carbons (Fsp3) is 0. The summed E-state index contributed by atoms with van der Waals surface area (Å²) in [5.41, 5.74) is 8.99. The van der Waals surface area contributed by atoms with Crippen molar-refractivity contribution < 1.29 is 25.3 Å². The van der Waals surface area contributed by atoms with Crippen LogP contribution in [0.25, 0.3) is 0 Å². The van der Waals surface area contributed by atoms with E-state index in [1.165, 1.54) is 0 Å². The molecule has 2 amide bonds. The third-order valence-electron chi connectivity index (χ3n) is 0.671. The first-order valence-corrected chi connectivity index (χ1v) is 5.04. The van der Waals surface area contributed by atoms with Crippen LogP contribution in [0.1, 0.15) is 0 Å². The first-order chi connectivity index (χ1) is 5.95. The molecule has 0 aromatic rings. The Kier molecular flexibility index (Phi) is 4.80. The molecule has 0 unspecified atom stereocenters. The molecule has 0 aromatic carbocycles. The van der Waals surface area contributed by atoms with Crippen molar-refractivity contribution in [3.63, 3.8) is 0 Å². The van der Waals surface area contributed by atoms with Crippen molar-refractivity contribution in [3.05, 3.63) is 0 Å². The third kappa shape index (κ3) is 5.00. The van der Waals surface area contributed by atoms with Gasteiger partial charge in [0.25, 0.3) is 0 Å². The molecule has 8 nitrogen and oxygen atoms in total. The van der Waals surface area contributed by atoms with Crippen LogP contribution >= 0.6 is 0 Å². The van der Waals surface area contributed by atoms with E-state index in [-0.39, 0.29) is 0 Å². The number of nitrogens with two attached hydrogens (primary N) is 2. The summed E-state index contributed by atoms with van der Waals surface area (Å²) < 4.78 is 8.26. The van der Waals surface area contributed by atoms with Gasteiger partial charge in [-0.1, -0.05) is 0 Å². The van der Waals surface area contributed by atoms with Crippen LogP contribution in [0.15, 0.2) is 0 Å². The van der Waals surface area contributed by atoms with Gasteiger partial charge in [-0.15, -0.1) is 0 Å². The molecule has 0 saturated heterocycles. The van der Waals surface area contributed by atoms with Gasteiger partial charge in [0.2, 0.25) is 0 Å². The third-order valence-corrected chi connectivity index (χ3v) is 2.21. The molecule has 9 heteroatoms. The minimum absolute atomic E-state index is 1.30. The molecular weight excluding hydrogens is 291 g/mol. The number of carbonyl (C=O) groups excluding carboxylic acids is 4. The average Bonchev–Trinajstić information content (AvgIpc) is 2.03. The van der Waals surface area contributed by atoms with Gasteiger partial charge in [0.15, 0.2) is 0 Å². The van der Waals surface area contributed by atoms with Crippen LogP contribution < -0.4 is 11.5 Å². The summed E-state index contributed by atoms with van der Waals surface area (Å²) >= 11 is -2.34. The summed E-state index contributed by atoms with van der Waals surface area (Å²) in [6, 6.07) is 0. The zero-order valence-electron chi connectivity index (χ0n) is 6.10. The number of amides is 2. The van der Waals surface area contributed by atoms with Gasteiger partial charge in [-0.25, -0.2) is 0 Å². The first-order valence-electron chi connectivity index (χ1n) is 2.71. The van der Waals surface area contributed by atoms with E-state index in [0.717, 1.165) is 0 Å². The number of primary amides is 2. The van der Waals surface area contributed by atoms with Gasteiger partial charge in [0, 0.05) is 0 Å². The molecule has 70 valence electrons. The van der Waals surface area contributed by atoms with E-state index in [9.17, 15) is 19.2 Å². The van der Waals surface area contributed by atoms with Crippen LogP contribution in [-0.4, -0.2) is 45.7 Å². The summed E-state index contributed by atoms with van der Waals surface area (Å²) in [5.74, 6) is -5.19. The Bertz CT molecular complexity index is 237. The van der Waals surface area contributed by atoms with E-state index in [0.29, 0.717) is 0 Å². The van der Waals surface area contributed by atoms with Crippen molar-refractivity contribution in [1.82, 2.24) is 0 Å². The molecule has 0 heterocycles. The van der Waals surface area contributed by atoms with Crippen LogP contribution in [0.5, 0.6) is 0 Å². The molecule has 0 aliphatic carbocycles. The molecule has 13 heavy (non-hydrogen) atoms. The molecule has 0 aliphatic heterocycles. The van der Waals surface area contributed by atoms with E-state index in [2.05, 4.69) is 17.6 Å². The van der Waals surface area contributed by atoms with Crippen molar-refractivity contribution in [2.24, 2.45) is 11.5 Å². The van der Waals surface area contributed by atoms with E-state index >= 15 is 0 Å². The molecule has 0 rings (SSSR count). The zero-order valence-corrected chi connectivity index (χ0v) is 8.96. The molecular formula is C4H4N2O6Sn. The molecule has 4 N–H and O–H groups in total. The van der Waals surface area contributed by atoms with Crippen LogP contribution in [0.4, 0.5) is 0 Å². The summed E-state index contributed by atoms with van der Waals surface area (Å²) in [6.45, 7) is 0. The second kappa shape index (κ2) is 5.35. The van der Waals surface area contributed by atoms with Crippen molar-refractivity contribution >= 4 is 45.7 Å². The monoisotopic (exact) mass is 296 g/mol. The number of rotatable bonds is 2. The Morgan fingerprint density at radius 3 is 1.38 bits per heavy atom. The Morgan fingerprint density at radius 2 is 1.15 bits per heavy atom. The van der Waals surface area contributed by atoms with Crippen LogP contribution in [-0.2, 0) is 25.3 Å². The number of hydrogen-bond donors (Lipinski definition) is 2. The molecule has 0 aliphatic rings. The second-order valence-corrected chi connectivity index (χ2v) is 3.23. The zero-order chi connectivity index (χ0) is 10.4. The average molecular weight is 295 g/mol. The number of carbonyl (C=O) groups is 4. The molecule has 0 bridgehead atoms. The van der Waals surface area contributed by atoms with Crippen molar-refractivity contribution in [1.29, 1.82) is 0 Å². The van der Waals surface area contributed by atoms with Crippen LogP contribution in [0.2, 0.25) is 0 Å². The Morgan fingerprint density at radius 1 is 0.846 bits per heavy atom. The maximum atomic E-state index is 10.3. The van der Waals surface area contributed by atoms with Gasteiger partial charge in [0.05, 0.1) is 0 Å². The predicted octanol–water partition coefficient (Wildman–Crippen LogP) is -3.42. The standard InChI is InChI=1S/2C2H3NO3.Sn/c2*3-1(4)2(5)6;/h2*(H2,3,4)(H,5,6);/q;;+2/p-2. The summed E-state index contributed by atoms with van der Waals surface area (Å²) in [5, 5.41) is 0. The quantitative estimate of drug-likeness (QED) is 0.401. The van der Waals surface area contributed by atoms with Gasteiger partial charge >= 0.3 is 82.5 Å². The van der Waals surface area contributed by atoms with Gasteiger partial charge in [-0.2, -0.15) is 0 Å². The summed E-state index contributed by atoms with van der Waals surface area (Å²) in [6.07, 6.45) is 0. The molecule has 0 fully saturated rings. The summed E-state index contributed by atoms with van der Waals surface area (Å²) in [4.78, 5) is 40.8. The van der Waals surface area contributed by atoms with Gasteiger partial charge in [-0.3, -0.25) is 0 Å².